The second-order valence-corrected chi connectivity index (χ2v) is 5.44. The van der Waals surface area contributed by atoms with E-state index >= 15 is 0 Å². The maximum atomic E-state index is 13.8. The maximum Gasteiger partial charge on any atom is 0.135 e. The fourth-order valence-corrected chi connectivity index (χ4v) is 2.05. The van der Waals surface area contributed by atoms with E-state index in [0.717, 1.165) is 24.5 Å². The standard InChI is InChI=1S/C17H22FN3/c1-4-9-19-16-11-15(12(2)3)20-17(21-16)10-13-7-5-6-8-14(13)18/h5-8,11-12H,4,9-10H2,1-3H3,(H,19,20,21). The lowest BCUT2D eigenvalue weighted by molar-refractivity contribution is 0.611. The molecule has 2 aromatic rings. The van der Waals surface area contributed by atoms with Crippen LogP contribution in [0.5, 0.6) is 0 Å². The molecule has 112 valence electrons. The second kappa shape index (κ2) is 7.16. The third-order valence-electron chi connectivity index (χ3n) is 3.25. The van der Waals surface area contributed by atoms with Gasteiger partial charge < -0.3 is 5.32 Å². The van der Waals surface area contributed by atoms with Gasteiger partial charge in [0.15, 0.2) is 0 Å². The molecule has 0 unspecified atom stereocenters. The van der Waals surface area contributed by atoms with E-state index in [0.29, 0.717) is 23.7 Å². The topological polar surface area (TPSA) is 37.8 Å². The Balaban J connectivity index is 2.29. The van der Waals surface area contributed by atoms with Crippen molar-refractivity contribution in [2.75, 3.05) is 11.9 Å². The summed E-state index contributed by atoms with van der Waals surface area (Å²) in [6.07, 6.45) is 1.44. The van der Waals surface area contributed by atoms with Crippen LogP contribution in [0.2, 0.25) is 0 Å². The van der Waals surface area contributed by atoms with Gasteiger partial charge in [-0.05, 0) is 24.0 Å². The highest BCUT2D eigenvalue weighted by atomic mass is 19.1. The van der Waals surface area contributed by atoms with Gasteiger partial charge in [-0.1, -0.05) is 39.0 Å². The quantitative estimate of drug-likeness (QED) is 0.867. The lowest BCUT2D eigenvalue weighted by Gasteiger charge is -2.12. The minimum absolute atomic E-state index is 0.209. The molecule has 1 N–H and O–H groups in total. The first-order valence-electron chi connectivity index (χ1n) is 7.45. The van der Waals surface area contributed by atoms with E-state index in [9.17, 15) is 4.39 Å². The number of rotatable bonds is 6. The van der Waals surface area contributed by atoms with Crippen LogP contribution in [0.4, 0.5) is 10.2 Å². The van der Waals surface area contributed by atoms with Gasteiger partial charge in [-0.2, -0.15) is 0 Å². The van der Waals surface area contributed by atoms with E-state index < -0.39 is 0 Å². The Kier molecular flexibility index (Phi) is 5.26. The van der Waals surface area contributed by atoms with Gasteiger partial charge in [0.1, 0.15) is 17.5 Å². The summed E-state index contributed by atoms with van der Waals surface area (Å²) in [7, 11) is 0. The van der Waals surface area contributed by atoms with Crippen molar-refractivity contribution in [3.63, 3.8) is 0 Å². The van der Waals surface area contributed by atoms with Gasteiger partial charge >= 0.3 is 0 Å². The number of anilines is 1. The fourth-order valence-electron chi connectivity index (χ4n) is 2.05. The highest BCUT2D eigenvalue weighted by Crippen LogP contribution is 2.18. The molecule has 21 heavy (non-hydrogen) atoms. The van der Waals surface area contributed by atoms with Crippen LogP contribution in [0.1, 0.15) is 50.2 Å². The fraction of sp³-hybridized carbons (Fsp3) is 0.412. The molecule has 0 saturated heterocycles. The molecule has 0 atom stereocenters. The van der Waals surface area contributed by atoms with Gasteiger partial charge in [-0.15, -0.1) is 0 Å². The lowest BCUT2D eigenvalue weighted by atomic mass is 10.1. The van der Waals surface area contributed by atoms with Crippen molar-refractivity contribution in [3.05, 3.63) is 53.2 Å². The lowest BCUT2D eigenvalue weighted by Crippen LogP contribution is -2.09. The van der Waals surface area contributed by atoms with Crippen LogP contribution in [-0.4, -0.2) is 16.5 Å². The smallest absolute Gasteiger partial charge is 0.135 e. The molecule has 0 fully saturated rings. The summed E-state index contributed by atoms with van der Waals surface area (Å²) in [5, 5.41) is 3.29. The minimum atomic E-state index is -0.209. The minimum Gasteiger partial charge on any atom is -0.370 e. The van der Waals surface area contributed by atoms with E-state index in [1.165, 1.54) is 6.07 Å². The molecule has 0 aliphatic rings. The summed E-state index contributed by atoms with van der Waals surface area (Å²) in [5.74, 6) is 1.58. The van der Waals surface area contributed by atoms with Crippen molar-refractivity contribution < 1.29 is 4.39 Å². The summed E-state index contributed by atoms with van der Waals surface area (Å²) in [6, 6.07) is 8.75. The molecule has 0 amide bonds. The molecule has 0 spiro atoms. The van der Waals surface area contributed by atoms with E-state index in [4.69, 9.17) is 0 Å². The molecule has 0 radical (unpaired) electrons. The van der Waals surface area contributed by atoms with Crippen molar-refractivity contribution in [3.8, 4) is 0 Å². The van der Waals surface area contributed by atoms with E-state index in [2.05, 4.69) is 36.1 Å². The van der Waals surface area contributed by atoms with Crippen molar-refractivity contribution in [1.82, 2.24) is 9.97 Å². The third-order valence-corrected chi connectivity index (χ3v) is 3.25. The number of nitrogens with zero attached hydrogens (tertiary/aromatic N) is 2. The molecule has 1 aromatic carbocycles. The number of nitrogens with one attached hydrogen (secondary N) is 1. The monoisotopic (exact) mass is 287 g/mol. The molecule has 1 heterocycles. The van der Waals surface area contributed by atoms with Crippen molar-refractivity contribution in [2.24, 2.45) is 0 Å². The molecular formula is C17H22FN3. The molecule has 0 aliphatic heterocycles. The Morgan fingerprint density at radius 2 is 1.95 bits per heavy atom. The van der Waals surface area contributed by atoms with Crippen LogP contribution in [0.3, 0.4) is 0 Å². The SMILES string of the molecule is CCCNc1cc(C(C)C)nc(Cc2ccccc2F)n1. The molecule has 0 bridgehead atoms. The van der Waals surface area contributed by atoms with Crippen molar-refractivity contribution >= 4 is 5.82 Å². The molecule has 0 aliphatic carbocycles. The summed E-state index contributed by atoms with van der Waals surface area (Å²) in [5.41, 5.74) is 1.61. The highest BCUT2D eigenvalue weighted by Gasteiger charge is 2.10. The Morgan fingerprint density at radius 1 is 1.19 bits per heavy atom. The number of benzene rings is 1. The van der Waals surface area contributed by atoms with Crippen LogP contribution in [0, 0.1) is 5.82 Å². The molecule has 3 nitrogen and oxygen atoms in total. The Hall–Kier alpha value is -1.97. The zero-order valence-corrected chi connectivity index (χ0v) is 12.9. The van der Waals surface area contributed by atoms with E-state index in [-0.39, 0.29) is 5.82 Å². The zero-order chi connectivity index (χ0) is 15.2. The van der Waals surface area contributed by atoms with Crippen LogP contribution in [-0.2, 0) is 6.42 Å². The van der Waals surface area contributed by atoms with Crippen LogP contribution in [0.15, 0.2) is 30.3 Å². The van der Waals surface area contributed by atoms with Crippen LogP contribution in [0.25, 0.3) is 0 Å². The van der Waals surface area contributed by atoms with Crippen molar-refractivity contribution in [1.29, 1.82) is 0 Å². The average molecular weight is 287 g/mol. The largest absolute Gasteiger partial charge is 0.370 e. The highest BCUT2D eigenvalue weighted by molar-refractivity contribution is 5.37. The average Bonchev–Trinajstić information content (AvgIpc) is 2.47. The maximum absolute atomic E-state index is 13.8. The normalized spacial score (nSPS) is 10.9. The first-order chi connectivity index (χ1) is 10.1. The first-order valence-corrected chi connectivity index (χ1v) is 7.45. The number of halogens is 1. The molecular weight excluding hydrogens is 265 g/mol. The molecule has 0 saturated carbocycles. The third kappa shape index (κ3) is 4.25. The number of hydrogen-bond donors (Lipinski definition) is 1. The Morgan fingerprint density at radius 3 is 2.62 bits per heavy atom. The van der Waals surface area contributed by atoms with E-state index in [1.807, 2.05) is 12.1 Å². The predicted molar refractivity (Wildman–Crippen MR) is 84.1 cm³/mol. The summed E-state index contributed by atoms with van der Waals surface area (Å²) < 4.78 is 13.8. The number of aromatic nitrogens is 2. The Labute approximate surface area is 125 Å². The van der Waals surface area contributed by atoms with Crippen LogP contribution < -0.4 is 5.32 Å². The summed E-state index contributed by atoms with van der Waals surface area (Å²) in [4.78, 5) is 9.06. The van der Waals surface area contributed by atoms with Gasteiger partial charge in [0.2, 0.25) is 0 Å². The summed E-state index contributed by atoms with van der Waals surface area (Å²) >= 11 is 0. The van der Waals surface area contributed by atoms with Gasteiger partial charge in [-0.25, -0.2) is 14.4 Å². The van der Waals surface area contributed by atoms with Crippen LogP contribution >= 0.6 is 0 Å². The van der Waals surface area contributed by atoms with Gasteiger partial charge in [0, 0.05) is 24.7 Å². The van der Waals surface area contributed by atoms with Gasteiger partial charge in [-0.3, -0.25) is 0 Å². The van der Waals surface area contributed by atoms with Gasteiger partial charge in [0.25, 0.3) is 0 Å². The van der Waals surface area contributed by atoms with Gasteiger partial charge in [0.05, 0.1) is 0 Å². The zero-order valence-electron chi connectivity index (χ0n) is 12.9. The second-order valence-electron chi connectivity index (χ2n) is 5.44. The number of hydrogen-bond acceptors (Lipinski definition) is 3. The summed E-state index contributed by atoms with van der Waals surface area (Å²) in [6.45, 7) is 7.17. The first kappa shape index (κ1) is 15.4. The predicted octanol–water partition coefficient (Wildman–Crippen LogP) is 4.15. The molecule has 2 rings (SSSR count). The van der Waals surface area contributed by atoms with E-state index in [1.54, 1.807) is 12.1 Å². The molecule has 4 heteroatoms. The van der Waals surface area contributed by atoms with Crippen molar-refractivity contribution in [2.45, 2.75) is 39.5 Å². The molecule has 1 aromatic heterocycles. The Bertz CT molecular complexity index is 596.